The standard InChI is InChI=1S/C8H8BrClO/c1-2-11-6-3-4-7(9)8(10)5-6/h3-5H,2H2,1H3. The summed E-state index contributed by atoms with van der Waals surface area (Å²) < 4.78 is 6.13. The summed E-state index contributed by atoms with van der Waals surface area (Å²) >= 11 is 9.12. The zero-order valence-corrected chi connectivity index (χ0v) is 8.45. The average Bonchev–Trinajstić information content (AvgIpc) is 1.98. The normalized spacial score (nSPS) is 9.73. The van der Waals surface area contributed by atoms with E-state index >= 15 is 0 Å². The second kappa shape index (κ2) is 3.98. The van der Waals surface area contributed by atoms with E-state index in [1.165, 1.54) is 0 Å². The molecule has 0 saturated heterocycles. The third-order valence-corrected chi connectivity index (χ3v) is 2.43. The van der Waals surface area contributed by atoms with Gasteiger partial charge in [0, 0.05) is 4.47 Å². The minimum atomic E-state index is 0.665. The van der Waals surface area contributed by atoms with E-state index in [4.69, 9.17) is 16.3 Å². The molecule has 3 heteroatoms. The first-order valence-electron chi connectivity index (χ1n) is 3.32. The molecular weight excluding hydrogens is 227 g/mol. The van der Waals surface area contributed by atoms with Crippen molar-refractivity contribution in [1.82, 2.24) is 0 Å². The van der Waals surface area contributed by atoms with E-state index in [0.29, 0.717) is 11.6 Å². The summed E-state index contributed by atoms with van der Waals surface area (Å²) in [6.45, 7) is 2.61. The van der Waals surface area contributed by atoms with Gasteiger partial charge in [0.1, 0.15) is 5.75 Å². The second-order valence-corrected chi connectivity index (χ2v) is 3.27. The van der Waals surface area contributed by atoms with E-state index in [-0.39, 0.29) is 0 Å². The summed E-state index contributed by atoms with van der Waals surface area (Å²) in [6, 6.07) is 5.53. The molecule has 0 fully saturated rings. The van der Waals surface area contributed by atoms with Crippen molar-refractivity contribution >= 4 is 27.5 Å². The molecule has 1 nitrogen and oxygen atoms in total. The zero-order chi connectivity index (χ0) is 8.27. The summed E-state index contributed by atoms with van der Waals surface area (Å²) in [4.78, 5) is 0. The van der Waals surface area contributed by atoms with Crippen LogP contribution in [0.5, 0.6) is 5.75 Å². The van der Waals surface area contributed by atoms with Crippen molar-refractivity contribution in [3.63, 3.8) is 0 Å². The van der Waals surface area contributed by atoms with Gasteiger partial charge in [0.25, 0.3) is 0 Å². The van der Waals surface area contributed by atoms with Crippen LogP contribution in [0.25, 0.3) is 0 Å². The molecule has 0 N–H and O–H groups in total. The molecule has 1 rings (SSSR count). The van der Waals surface area contributed by atoms with Crippen molar-refractivity contribution in [3.8, 4) is 5.75 Å². The van der Waals surface area contributed by atoms with Crippen molar-refractivity contribution in [3.05, 3.63) is 27.7 Å². The minimum absolute atomic E-state index is 0.665. The van der Waals surface area contributed by atoms with Gasteiger partial charge >= 0.3 is 0 Å². The smallest absolute Gasteiger partial charge is 0.120 e. The Morgan fingerprint density at radius 2 is 2.27 bits per heavy atom. The Balaban J connectivity index is 2.86. The van der Waals surface area contributed by atoms with Gasteiger partial charge in [-0.15, -0.1) is 0 Å². The lowest BCUT2D eigenvalue weighted by atomic mass is 10.3. The molecular formula is C8H8BrClO. The fourth-order valence-electron chi connectivity index (χ4n) is 0.733. The highest BCUT2D eigenvalue weighted by Gasteiger charge is 1.97. The Hall–Kier alpha value is -0.210. The number of benzene rings is 1. The molecule has 1 aromatic rings. The van der Waals surface area contributed by atoms with E-state index < -0.39 is 0 Å². The van der Waals surface area contributed by atoms with Crippen LogP contribution >= 0.6 is 27.5 Å². The Labute approximate surface area is 79.4 Å². The number of hydrogen-bond donors (Lipinski definition) is 0. The topological polar surface area (TPSA) is 9.23 Å². The number of ether oxygens (including phenoxy) is 1. The van der Waals surface area contributed by atoms with Gasteiger partial charge in [-0.1, -0.05) is 11.6 Å². The van der Waals surface area contributed by atoms with E-state index in [2.05, 4.69) is 15.9 Å². The Morgan fingerprint density at radius 1 is 1.55 bits per heavy atom. The van der Waals surface area contributed by atoms with Crippen molar-refractivity contribution in [1.29, 1.82) is 0 Å². The Kier molecular flexibility index (Phi) is 3.21. The second-order valence-electron chi connectivity index (χ2n) is 2.01. The molecule has 0 unspecified atom stereocenters. The first-order chi connectivity index (χ1) is 5.24. The summed E-state index contributed by atoms with van der Waals surface area (Å²) in [5.74, 6) is 0.806. The van der Waals surface area contributed by atoms with Gasteiger partial charge in [-0.25, -0.2) is 0 Å². The largest absolute Gasteiger partial charge is 0.494 e. The molecule has 0 spiro atoms. The lowest BCUT2D eigenvalue weighted by molar-refractivity contribution is 0.340. The van der Waals surface area contributed by atoms with Gasteiger partial charge in [0.2, 0.25) is 0 Å². The SMILES string of the molecule is CCOc1ccc(Br)c(Cl)c1. The first kappa shape index (κ1) is 8.88. The molecule has 0 aliphatic heterocycles. The number of halogens is 2. The van der Waals surface area contributed by atoms with Crippen LogP contribution in [-0.2, 0) is 0 Å². The van der Waals surface area contributed by atoms with Crippen LogP contribution < -0.4 is 4.74 Å². The highest BCUT2D eigenvalue weighted by molar-refractivity contribution is 9.10. The monoisotopic (exact) mass is 234 g/mol. The summed E-state index contributed by atoms with van der Waals surface area (Å²) in [6.07, 6.45) is 0. The Bertz CT molecular complexity index is 250. The van der Waals surface area contributed by atoms with Gasteiger partial charge < -0.3 is 4.74 Å². The van der Waals surface area contributed by atoms with Crippen LogP contribution in [0.2, 0.25) is 5.02 Å². The molecule has 0 aliphatic rings. The van der Waals surface area contributed by atoms with Crippen LogP contribution in [0.1, 0.15) is 6.92 Å². The maximum Gasteiger partial charge on any atom is 0.120 e. The molecule has 0 saturated carbocycles. The lowest BCUT2D eigenvalue weighted by Crippen LogP contribution is -1.90. The van der Waals surface area contributed by atoms with Gasteiger partial charge in [0.15, 0.2) is 0 Å². The van der Waals surface area contributed by atoms with Crippen molar-refractivity contribution in [2.24, 2.45) is 0 Å². The van der Waals surface area contributed by atoms with Crippen molar-refractivity contribution in [2.45, 2.75) is 6.92 Å². The van der Waals surface area contributed by atoms with Crippen LogP contribution in [0.3, 0.4) is 0 Å². The molecule has 0 bridgehead atoms. The van der Waals surface area contributed by atoms with Crippen molar-refractivity contribution in [2.75, 3.05) is 6.61 Å². The highest BCUT2D eigenvalue weighted by Crippen LogP contribution is 2.26. The number of hydrogen-bond acceptors (Lipinski definition) is 1. The molecule has 1 aromatic carbocycles. The van der Waals surface area contributed by atoms with Crippen LogP contribution in [-0.4, -0.2) is 6.61 Å². The van der Waals surface area contributed by atoms with Gasteiger partial charge in [0.05, 0.1) is 11.6 Å². The van der Waals surface area contributed by atoms with E-state index in [0.717, 1.165) is 10.2 Å². The maximum atomic E-state index is 5.82. The van der Waals surface area contributed by atoms with Crippen LogP contribution in [0.4, 0.5) is 0 Å². The summed E-state index contributed by atoms with van der Waals surface area (Å²) in [7, 11) is 0. The molecule has 0 atom stereocenters. The van der Waals surface area contributed by atoms with Gasteiger partial charge in [-0.3, -0.25) is 0 Å². The molecule has 0 heterocycles. The van der Waals surface area contributed by atoms with Crippen LogP contribution in [0.15, 0.2) is 22.7 Å². The van der Waals surface area contributed by atoms with E-state index in [1.807, 2.05) is 19.1 Å². The summed E-state index contributed by atoms with van der Waals surface area (Å²) in [5, 5.41) is 0.677. The van der Waals surface area contributed by atoms with Crippen molar-refractivity contribution < 1.29 is 4.74 Å². The minimum Gasteiger partial charge on any atom is -0.494 e. The predicted octanol–water partition coefficient (Wildman–Crippen LogP) is 3.50. The Morgan fingerprint density at radius 3 is 2.82 bits per heavy atom. The summed E-state index contributed by atoms with van der Waals surface area (Å²) in [5.41, 5.74) is 0. The quantitative estimate of drug-likeness (QED) is 0.762. The lowest BCUT2D eigenvalue weighted by Gasteiger charge is -2.03. The maximum absolute atomic E-state index is 5.82. The first-order valence-corrected chi connectivity index (χ1v) is 4.49. The molecule has 60 valence electrons. The fraction of sp³-hybridized carbons (Fsp3) is 0.250. The van der Waals surface area contributed by atoms with E-state index in [9.17, 15) is 0 Å². The predicted molar refractivity (Wildman–Crippen MR) is 50.3 cm³/mol. The molecule has 0 amide bonds. The third kappa shape index (κ3) is 2.38. The van der Waals surface area contributed by atoms with Gasteiger partial charge in [-0.2, -0.15) is 0 Å². The average molecular weight is 236 g/mol. The van der Waals surface area contributed by atoms with Gasteiger partial charge in [-0.05, 0) is 41.1 Å². The molecule has 0 aliphatic carbocycles. The molecule has 0 aromatic heterocycles. The fourth-order valence-corrected chi connectivity index (χ4v) is 1.15. The van der Waals surface area contributed by atoms with Crippen LogP contribution in [0, 0.1) is 0 Å². The molecule has 0 radical (unpaired) electrons. The molecule has 11 heavy (non-hydrogen) atoms. The third-order valence-electron chi connectivity index (χ3n) is 1.20. The zero-order valence-electron chi connectivity index (χ0n) is 6.10. The number of rotatable bonds is 2. The highest BCUT2D eigenvalue weighted by atomic mass is 79.9. The van der Waals surface area contributed by atoms with E-state index in [1.54, 1.807) is 6.07 Å².